The van der Waals surface area contributed by atoms with E-state index in [9.17, 15) is 4.39 Å². The SMILES string of the molecule is COc1cc(F)c2oc(C)cc2c1. The van der Waals surface area contributed by atoms with Crippen molar-refractivity contribution in [1.82, 2.24) is 0 Å². The Morgan fingerprint density at radius 1 is 1.31 bits per heavy atom. The third-order valence-electron chi connectivity index (χ3n) is 1.90. The second kappa shape index (κ2) is 2.76. The Bertz CT molecular complexity index is 445. The van der Waals surface area contributed by atoms with Crippen LogP contribution in [0.3, 0.4) is 0 Å². The molecule has 0 atom stereocenters. The lowest BCUT2D eigenvalue weighted by Gasteiger charge is -1.98. The monoisotopic (exact) mass is 180 g/mol. The summed E-state index contributed by atoms with van der Waals surface area (Å²) < 4.78 is 23.4. The summed E-state index contributed by atoms with van der Waals surface area (Å²) in [4.78, 5) is 0. The molecule has 0 spiro atoms. The van der Waals surface area contributed by atoms with Crippen LogP contribution in [-0.4, -0.2) is 7.11 Å². The predicted octanol–water partition coefficient (Wildman–Crippen LogP) is 2.89. The first-order chi connectivity index (χ1) is 6.20. The number of benzene rings is 1. The molecule has 1 aromatic carbocycles. The molecule has 0 bridgehead atoms. The largest absolute Gasteiger partial charge is 0.497 e. The van der Waals surface area contributed by atoms with Gasteiger partial charge in [0.1, 0.15) is 11.5 Å². The average Bonchev–Trinajstić information content (AvgIpc) is 2.46. The lowest BCUT2D eigenvalue weighted by Crippen LogP contribution is -1.83. The number of hydrogen-bond donors (Lipinski definition) is 0. The average molecular weight is 180 g/mol. The lowest BCUT2D eigenvalue weighted by molar-refractivity contribution is 0.411. The smallest absolute Gasteiger partial charge is 0.170 e. The number of fused-ring (bicyclic) bond motifs is 1. The summed E-state index contributed by atoms with van der Waals surface area (Å²) in [6.07, 6.45) is 0. The summed E-state index contributed by atoms with van der Waals surface area (Å²) in [7, 11) is 1.51. The highest BCUT2D eigenvalue weighted by Crippen LogP contribution is 2.26. The maximum absolute atomic E-state index is 13.3. The van der Waals surface area contributed by atoms with E-state index in [2.05, 4.69) is 0 Å². The zero-order chi connectivity index (χ0) is 9.42. The molecule has 0 aliphatic carbocycles. The van der Waals surface area contributed by atoms with Crippen molar-refractivity contribution < 1.29 is 13.5 Å². The summed E-state index contributed by atoms with van der Waals surface area (Å²) in [5.74, 6) is 0.815. The minimum absolute atomic E-state index is 0.290. The second-order valence-corrected chi connectivity index (χ2v) is 2.88. The van der Waals surface area contributed by atoms with E-state index in [-0.39, 0.29) is 5.82 Å². The Hall–Kier alpha value is -1.51. The van der Waals surface area contributed by atoms with Crippen LogP contribution in [0.2, 0.25) is 0 Å². The maximum atomic E-state index is 13.3. The highest BCUT2D eigenvalue weighted by Gasteiger charge is 2.08. The number of methoxy groups -OCH3 is 1. The highest BCUT2D eigenvalue weighted by atomic mass is 19.1. The van der Waals surface area contributed by atoms with Crippen LogP contribution >= 0.6 is 0 Å². The molecule has 2 aromatic rings. The molecule has 3 heteroatoms. The maximum Gasteiger partial charge on any atom is 0.170 e. The minimum Gasteiger partial charge on any atom is -0.497 e. The van der Waals surface area contributed by atoms with E-state index in [0.29, 0.717) is 17.1 Å². The van der Waals surface area contributed by atoms with E-state index in [1.165, 1.54) is 13.2 Å². The van der Waals surface area contributed by atoms with Gasteiger partial charge in [-0.1, -0.05) is 0 Å². The third-order valence-corrected chi connectivity index (χ3v) is 1.90. The van der Waals surface area contributed by atoms with Crippen molar-refractivity contribution in [2.24, 2.45) is 0 Å². The number of halogens is 1. The van der Waals surface area contributed by atoms with E-state index < -0.39 is 0 Å². The number of hydrogen-bond acceptors (Lipinski definition) is 2. The minimum atomic E-state index is -0.387. The summed E-state index contributed by atoms with van der Waals surface area (Å²) in [6.45, 7) is 1.78. The molecule has 0 unspecified atom stereocenters. The summed E-state index contributed by atoms with van der Waals surface area (Å²) in [6, 6.07) is 4.83. The van der Waals surface area contributed by atoms with Gasteiger partial charge in [0.25, 0.3) is 0 Å². The fourth-order valence-corrected chi connectivity index (χ4v) is 1.33. The van der Waals surface area contributed by atoms with Crippen LogP contribution < -0.4 is 4.74 Å². The van der Waals surface area contributed by atoms with Crippen molar-refractivity contribution in [3.05, 3.63) is 29.8 Å². The van der Waals surface area contributed by atoms with Crippen molar-refractivity contribution in [3.63, 3.8) is 0 Å². The number of rotatable bonds is 1. The fraction of sp³-hybridized carbons (Fsp3) is 0.200. The molecular weight excluding hydrogens is 171 g/mol. The zero-order valence-electron chi connectivity index (χ0n) is 7.43. The Morgan fingerprint density at radius 3 is 2.77 bits per heavy atom. The first-order valence-corrected chi connectivity index (χ1v) is 3.94. The first-order valence-electron chi connectivity index (χ1n) is 3.94. The molecule has 0 amide bonds. The van der Waals surface area contributed by atoms with Gasteiger partial charge in [0.2, 0.25) is 0 Å². The molecule has 0 saturated carbocycles. The van der Waals surface area contributed by atoms with Crippen LogP contribution in [0, 0.1) is 12.7 Å². The van der Waals surface area contributed by atoms with Gasteiger partial charge in [0.15, 0.2) is 11.4 Å². The van der Waals surface area contributed by atoms with Crippen molar-refractivity contribution in [3.8, 4) is 5.75 Å². The van der Waals surface area contributed by atoms with Gasteiger partial charge < -0.3 is 9.15 Å². The Morgan fingerprint density at radius 2 is 2.08 bits per heavy atom. The van der Waals surface area contributed by atoms with Crippen molar-refractivity contribution in [2.45, 2.75) is 6.92 Å². The predicted molar refractivity (Wildman–Crippen MR) is 47.5 cm³/mol. The molecule has 13 heavy (non-hydrogen) atoms. The van der Waals surface area contributed by atoms with E-state index in [0.717, 1.165) is 5.39 Å². The summed E-state index contributed by atoms with van der Waals surface area (Å²) in [5, 5.41) is 0.731. The summed E-state index contributed by atoms with van der Waals surface area (Å²) >= 11 is 0. The quantitative estimate of drug-likeness (QED) is 0.673. The van der Waals surface area contributed by atoms with Crippen LogP contribution in [0.1, 0.15) is 5.76 Å². The number of furan rings is 1. The molecule has 0 radical (unpaired) electrons. The standard InChI is InChI=1S/C10H9FO2/c1-6-3-7-4-8(12-2)5-9(11)10(7)13-6/h3-5H,1-2H3. The highest BCUT2D eigenvalue weighted by molar-refractivity contribution is 5.80. The number of aryl methyl sites for hydroxylation is 1. The van der Waals surface area contributed by atoms with Gasteiger partial charge in [-0.3, -0.25) is 0 Å². The molecule has 68 valence electrons. The van der Waals surface area contributed by atoms with Crippen molar-refractivity contribution in [2.75, 3.05) is 7.11 Å². The van der Waals surface area contributed by atoms with Crippen LogP contribution in [0.5, 0.6) is 5.75 Å². The van der Waals surface area contributed by atoms with Gasteiger partial charge in [0.05, 0.1) is 7.11 Å². The van der Waals surface area contributed by atoms with E-state index in [4.69, 9.17) is 9.15 Å². The normalized spacial score (nSPS) is 10.7. The first kappa shape index (κ1) is 8.10. The van der Waals surface area contributed by atoms with Gasteiger partial charge in [-0.15, -0.1) is 0 Å². The van der Waals surface area contributed by atoms with E-state index >= 15 is 0 Å². The van der Waals surface area contributed by atoms with Crippen molar-refractivity contribution >= 4 is 11.0 Å². The van der Waals surface area contributed by atoms with Crippen molar-refractivity contribution in [1.29, 1.82) is 0 Å². The Balaban J connectivity index is 2.75. The van der Waals surface area contributed by atoms with Gasteiger partial charge in [-0.2, -0.15) is 0 Å². The van der Waals surface area contributed by atoms with Crippen LogP contribution in [0.4, 0.5) is 4.39 Å². The van der Waals surface area contributed by atoms with Gasteiger partial charge in [-0.05, 0) is 19.1 Å². The van der Waals surface area contributed by atoms with Crippen LogP contribution in [0.15, 0.2) is 22.6 Å². The molecule has 0 saturated heterocycles. The number of ether oxygens (including phenoxy) is 1. The summed E-state index contributed by atoms with van der Waals surface area (Å²) in [5.41, 5.74) is 0.290. The topological polar surface area (TPSA) is 22.4 Å². The Kier molecular flexibility index (Phi) is 1.72. The second-order valence-electron chi connectivity index (χ2n) is 2.88. The molecule has 0 aliphatic heterocycles. The van der Waals surface area contributed by atoms with E-state index in [1.54, 1.807) is 19.1 Å². The van der Waals surface area contributed by atoms with Gasteiger partial charge in [0, 0.05) is 11.5 Å². The molecule has 1 heterocycles. The zero-order valence-corrected chi connectivity index (χ0v) is 7.43. The molecule has 1 aromatic heterocycles. The van der Waals surface area contributed by atoms with Gasteiger partial charge >= 0.3 is 0 Å². The molecule has 2 rings (SSSR count). The third kappa shape index (κ3) is 1.26. The van der Waals surface area contributed by atoms with Gasteiger partial charge in [-0.25, -0.2) is 4.39 Å². The van der Waals surface area contributed by atoms with Crippen LogP contribution in [0.25, 0.3) is 11.0 Å². The molecule has 0 aliphatic rings. The van der Waals surface area contributed by atoms with Crippen LogP contribution in [-0.2, 0) is 0 Å². The molecular formula is C10H9FO2. The lowest BCUT2D eigenvalue weighted by atomic mass is 10.2. The Labute approximate surface area is 74.9 Å². The molecule has 0 N–H and O–H groups in total. The fourth-order valence-electron chi connectivity index (χ4n) is 1.33. The molecule has 2 nitrogen and oxygen atoms in total. The van der Waals surface area contributed by atoms with E-state index in [1.807, 2.05) is 0 Å². The molecule has 0 fully saturated rings.